The van der Waals surface area contributed by atoms with Gasteiger partial charge in [-0.3, -0.25) is 9.59 Å². The Labute approximate surface area is 130 Å². The van der Waals surface area contributed by atoms with E-state index in [2.05, 4.69) is 37.0 Å². The van der Waals surface area contributed by atoms with E-state index in [1.54, 1.807) is 24.3 Å². The predicted molar refractivity (Wildman–Crippen MR) is 79.7 cm³/mol. The van der Waals surface area contributed by atoms with Crippen molar-refractivity contribution in [1.82, 2.24) is 9.78 Å². The zero-order valence-corrected chi connectivity index (χ0v) is 13.4. The van der Waals surface area contributed by atoms with E-state index in [1.165, 1.54) is 6.20 Å². The number of hydrogen-bond donors (Lipinski definition) is 0. The van der Waals surface area contributed by atoms with Crippen LogP contribution in [0.3, 0.4) is 0 Å². The van der Waals surface area contributed by atoms with E-state index >= 15 is 0 Å². The highest BCUT2D eigenvalue weighted by molar-refractivity contribution is 9.13. The molecule has 1 heterocycles. The van der Waals surface area contributed by atoms with Gasteiger partial charge in [0.1, 0.15) is 11.0 Å². The molecular weight excluding hydrogens is 399 g/mol. The number of ketones is 1. The summed E-state index contributed by atoms with van der Waals surface area (Å²) >= 11 is 12.1. The third-order valence-electron chi connectivity index (χ3n) is 2.40. The fraction of sp³-hybridized carbons (Fsp3) is 0.0833. The van der Waals surface area contributed by atoms with E-state index < -0.39 is 0 Å². The van der Waals surface area contributed by atoms with E-state index in [4.69, 9.17) is 11.6 Å². The second-order valence-electron chi connectivity index (χ2n) is 3.70. The Morgan fingerprint density at radius 2 is 1.89 bits per heavy atom. The van der Waals surface area contributed by atoms with Gasteiger partial charge in [-0.05, 0) is 56.1 Å². The highest BCUT2D eigenvalue weighted by Gasteiger charge is 2.11. The van der Waals surface area contributed by atoms with E-state index in [9.17, 15) is 9.59 Å². The Bertz CT molecular complexity index is 683. The van der Waals surface area contributed by atoms with Gasteiger partial charge in [0.05, 0.1) is 10.7 Å². The van der Waals surface area contributed by atoms with Gasteiger partial charge in [0.15, 0.2) is 5.78 Å². The molecule has 2 aromatic rings. The SMILES string of the molecule is O=C(Cn1ncc(Br)c(Br)c1=O)c1ccc(Cl)cc1. The summed E-state index contributed by atoms with van der Waals surface area (Å²) in [6, 6.07) is 6.48. The predicted octanol–water partition coefficient (Wildman–Crippen LogP) is 3.30. The molecule has 0 unspecified atom stereocenters. The number of aromatic nitrogens is 2. The third kappa shape index (κ3) is 3.32. The second-order valence-corrected chi connectivity index (χ2v) is 5.78. The van der Waals surface area contributed by atoms with Crippen LogP contribution in [0.1, 0.15) is 10.4 Å². The standard InChI is InChI=1S/C12H7Br2ClN2O2/c13-9-5-16-17(12(19)11(9)14)6-10(18)7-1-3-8(15)4-2-7/h1-5H,6H2. The minimum atomic E-state index is -0.364. The topological polar surface area (TPSA) is 52.0 Å². The highest BCUT2D eigenvalue weighted by Crippen LogP contribution is 2.16. The average molecular weight is 406 g/mol. The van der Waals surface area contributed by atoms with Crippen LogP contribution in [0.15, 0.2) is 44.2 Å². The first-order valence-electron chi connectivity index (χ1n) is 5.19. The third-order valence-corrected chi connectivity index (χ3v) is 4.55. The lowest BCUT2D eigenvalue weighted by Crippen LogP contribution is -2.27. The first-order chi connectivity index (χ1) is 8.99. The minimum Gasteiger partial charge on any atom is -0.292 e. The van der Waals surface area contributed by atoms with Gasteiger partial charge in [-0.2, -0.15) is 5.10 Å². The van der Waals surface area contributed by atoms with Crippen molar-refractivity contribution >= 4 is 49.2 Å². The van der Waals surface area contributed by atoms with Crippen LogP contribution in [-0.2, 0) is 6.54 Å². The normalized spacial score (nSPS) is 10.5. The van der Waals surface area contributed by atoms with Crippen molar-refractivity contribution in [3.05, 3.63) is 60.3 Å². The quantitative estimate of drug-likeness (QED) is 0.735. The maximum Gasteiger partial charge on any atom is 0.282 e. The van der Waals surface area contributed by atoms with Crippen molar-refractivity contribution in [2.24, 2.45) is 0 Å². The smallest absolute Gasteiger partial charge is 0.282 e. The summed E-state index contributed by atoms with van der Waals surface area (Å²) in [7, 11) is 0. The van der Waals surface area contributed by atoms with Gasteiger partial charge in [-0.15, -0.1) is 0 Å². The summed E-state index contributed by atoms with van der Waals surface area (Å²) < 4.78 is 1.99. The molecule has 0 amide bonds. The number of rotatable bonds is 3. The van der Waals surface area contributed by atoms with Gasteiger partial charge < -0.3 is 0 Å². The molecule has 0 atom stereocenters. The molecule has 0 saturated carbocycles. The Hall–Kier alpha value is -0.980. The highest BCUT2D eigenvalue weighted by atomic mass is 79.9. The molecule has 1 aromatic carbocycles. The van der Waals surface area contributed by atoms with Crippen LogP contribution in [0, 0.1) is 0 Å². The number of carbonyl (C=O) groups excluding carboxylic acids is 1. The van der Waals surface area contributed by atoms with Crippen molar-refractivity contribution in [2.45, 2.75) is 6.54 Å². The summed E-state index contributed by atoms with van der Waals surface area (Å²) in [5.74, 6) is -0.208. The lowest BCUT2D eigenvalue weighted by molar-refractivity contribution is 0.0965. The second kappa shape index (κ2) is 5.98. The molecule has 2 rings (SSSR count). The van der Waals surface area contributed by atoms with Crippen molar-refractivity contribution in [3.63, 3.8) is 0 Å². The Balaban J connectivity index is 2.27. The monoisotopic (exact) mass is 404 g/mol. The largest absolute Gasteiger partial charge is 0.292 e. The van der Waals surface area contributed by atoms with Crippen LogP contribution < -0.4 is 5.56 Å². The molecule has 7 heteroatoms. The van der Waals surface area contributed by atoms with Gasteiger partial charge in [-0.25, -0.2) is 4.68 Å². The summed E-state index contributed by atoms with van der Waals surface area (Å²) in [6.07, 6.45) is 1.46. The van der Waals surface area contributed by atoms with Crippen molar-refractivity contribution in [2.75, 3.05) is 0 Å². The molecule has 4 nitrogen and oxygen atoms in total. The molecule has 98 valence electrons. The molecule has 0 fully saturated rings. The lowest BCUT2D eigenvalue weighted by Gasteiger charge is -2.05. The molecule has 1 aromatic heterocycles. The summed E-state index contributed by atoms with van der Waals surface area (Å²) in [4.78, 5) is 23.9. The first kappa shape index (κ1) is 14.4. The molecule has 0 aliphatic heterocycles. The maximum absolute atomic E-state index is 12.0. The van der Waals surface area contributed by atoms with Gasteiger partial charge in [0, 0.05) is 10.6 Å². The molecule has 0 bridgehead atoms. The fourth-order valence-corrected chi connectivity index (χ4v) is 2.11. The van der Waals surface area contributed by atoms with E-state index in [-0.39, 0.29) is 17.9 Å². The Morgan fingerprint density at radius 1 is 1.26 bits per heavy atom. The van der Waals surface area contributed by atoms with Crippen LogP contribution in [0.2, 0.25) is 5.02 Å². The summed E-state index contributed by atoms with van der Waals surface area (Å²) in [5, 5.41) is 4.46. The van der Waals surface area contributed by atoms with Crippen molar-refractivity contribution < 1.29 is 4.79 Å². The molecule has 0 aliphatic carbocycles. The van der Waals surface area contributed by atoms with Gasteiger partial charge in [0.2, 0.25) is 0 Å². The number of Topliss-reactive ketones (excluding diaryl/α,β-unsaturated/α-hetero) is 1. The van der Waals surface area contributed by atoms with Crippen LogP contribution in [-0.4, -0.2) is 15.6 Å². The van der Waals surface area contributed by atoms with Crippen LogP contribution in [0.25, 0.3) is 0 Å². The fourth-order valence-electron chi connectivity index (χ4n) is 1.42. The Kier molecular flexibility index (Phi) is 4.54. The summed E-state index contributed by atoms with van der Waals surface area (Å²) in [5.41, 5.74) is 0.119. The molecule has 0 radical (unpaired) electrons. The number of carbonyl (C=O) groups is 1. The molecular formula is C12H7Br2ClN2O2. The van der Waals surface area contributed by atoms with Crippen LogP contribution in [0.4, 0.5) is 0 Å². The van der Waals surface area contributed by atoms with Gasteiger partial charge in [0.25, 0.3) is 5.56 Å². The lowest BCUT2D eigenvalue weighted by atomic mass is 10.1. The van der Waals surface area contributed by atoms with E-state index in [1.807, 2.05) is 0 Å². The van der Waals surface area contributed by atoms with Crippen LogP contribution in [0.5, 0.6) is 0 Å². The number of nitrogens with zero attached hydrogens (tertiary/aromatic N) is 2. The number of hydrogen-bond acceptors (Lipinski definition) is 3. The van der Waals surface area contributed by atoms with Crippen LogP contribution >= 0.6 is 43.5 Å². The molecule has 0 saturated heterocycles. The molecule has 0 spiro atoms. The Morgan fingerprint density at radius 3 is 2.53 bits per heavy atom. The van der Waals surface area contributed by atoms with E-state index in [0.29, 0.717) is 19.5 Å². The average Bonchev–Trinajstić information content (AvgIpc) is 2.40. The molecule has 0 aliphatic rings. The van der Waals surface area contributed by atoms with Gasteiger partial charge in [-0.1, -0.05) is 11.6 Å². The summed E-state index contributed by atoms with van der Waals surface area (Å²) in [6.45, 7) is -0.119. The number of benzene rings is 1. The zero-order valence-electron chi connectivity index (χ0n) is 9.44. The van der Waals surface area contributed by atoms with Crippen molar-refractivity contribution in [3.8, 4) is 0 Å². The molecule has 0 N–H and O–H groups in total. The minimum absolute atomic E-state index is 0.119. The zero-order chi connectivity index (χ0) is 14.0. The van der Waals surface area contributed by atoms with Gasteiger partial charge >= 0.3 is 0 Å². The first-order valence-corrected chi connectivity index (χ1v) is 7.15. The molecule has 19 heavy (non-hydrogen) atoms. The van der Waals surface area contributed by atoms with E-state index in [0.717, 1.165) is 4.68 Å². The number of halogens is 3. The van der Waals surface area contributed by atoms with Crippen molar-refractivity contribution in [1.29, 1.82) is 0 Å². The maximum atomic E-state index is 12.0.